The van der Waals surface area contributed by atoms with Crippen LogP contribution in [0.2, 0.25) is 0 Å². The molecule has 0 N–H and O–H groups in total. The van der Waals surface area contributed by atoms with Crippen molar-refractivity contribution in [3.8, 4) is 11.5 Å². The van der Waals surface area contributed by atoms with Crippen molar-refractivity contribution in [2.75, 3.05) is 40.3 Å². The molecule has 1 saturated heterocycles. The molecule has 174 valence electrons. The number of carbonyl (C=O) groups excluding carboxylic acids is 2. The van der Waals surface area contributed by atoms with Crippen LogP contribution in [0.25, 0.3) is 5.57 Å². The van der Waals surface area contributed by atoms with Gasteiger partial charge in [-0.2, -0.15) is 0 Å². The van der Waals surface area contributed by atoms with Gasteiger partial charge in [0.05, 0.1) is 25.3 Å². The lowest BCUT2D eigenvalue weighted by Gasteiger charge is -2.34. The second-order valence-electron chi connectivity index (χ2n) is 8.75. The van der Waals surface area contributed by atoms with E-state index in [0.29, 0.717) is 24.4 Å². The molecule has 2 heterocycles. The highest BCUT2D eigenvalue weighted by atomic mass is 16.5. The Kier molecular flexibility index (Phi) is 6.70. The second kappa shape index (κ2) is 9.67. The Morgan fingerprint density at radius 2 is 1.45 bits per heavy atom. The Labute approximate surface area is 195 Å². The largest absolute Gasteiger partial charge is 0.497 e. The van der Waals surface area contributed by atoms with Gasteiger partial charge in [-0.1, -0.05) is 24.3 Å². The molecule has 2 aliphatic heterocycles. The summed E-state index contributed by atoms with van der Waals surface area (Å²) in [6.45, 7) is 7.27. The summed E-state index contributed by atoms with van der Waals surface area (Å²) in [7, 11) is 3.68. The van der Waals surface area contributed by atoms with Gasteiger partial charge < -0.3 is 19.3 Å². The number of amides is 2. The molecule has 2 amide bonds. The highest BCUT2D eigenvalue weighted by Crippen LogP contribution is 2.34. The van der Waals surface area contributed by atoms with Gasteiger partial charge >= 0.3 is 0 Å². The fourth-order valence-corrected chi connectivity index (χ4v) is 4.18. The normalized spacial score (nSPS) is 17.4. The molecule has 4 rings (SSSR count). The van der Waals surface area contributed by atoms with Crippen LogP contribution in [0.5, 0.6) is 11.5 Å². The minimum absolute atomic E-state index is 0.0608. The zero-order valence-electron chi connectivity index (χ0n) is 19.7. The van der Waals surface area contributed by atoms with Gasteiger partial charge in [0, 0.05) is 26.2 Å². The summed E-state index contributed by atoms with van der Waals surface area (Å²) < 4.78 is 11.0. The van der Waals surface area contributed by atoms with E-state index < -0.39 is 0 Å². The van der Waals surface area contributed by atoms with Crippen LogP contribution in [0.15, 0.2) is 54.2 Å². The molecule has 33 heavy (non-hydrogen) atoms. The first-order chi connectivity index (χ1) is 15.9. The average molecular weight is 450 g/mol. The molecule has 2 aromatic rings. The fraction of sp³-hybridized carbons (Fsp3) is 0.385. The summed E-state index contributed by atoms with van der Waals surface area (Å²) in [6.07, 6.45) is 0.0608. The predicted octanol–water partition coefficient (Wildman–Crippen LogP) is 3.01. The zero-order chi connectivity index (χ0) is 23.5. The Morgan fingerprint density at radius 1 is 0.848 bits per heavy atom. The van der Waals surface area contributed by atoms with Crippen molar-refractivity contribution in [3.05, 3.63) is 65.4 Å². The SMILES string of the molecule is COc1ccc(CN2C(=O)C(c3ccc(OC(C)C)cc3)=C(N3CCN(C)CC3)C2=O)cc1. The van der Waals surface area contributed by atoms with E-state index in [1.807, 2.05) is 62.4 Å². The van der Waals surface area contributed by atoms with Crippen molar-refractivity contribution in [1.82, 2.24) is 14.7 Å². The third-order valence-corrected chi connectivity index (χ3v) is 5.98. The Morgan fingerprint density at radius 3 is 2.03 bits per heavy atom. The summed E-state index contributed by atoms with van der Waals surface area (Å²) >= 11 is 0. The molecule has 0 saturated carbocycles. The van der Waals surface area contributed by atoms with E-state index in [1.165, 1.54) is 4.90 Å². The summed E-state index contributed by atoms with van der Waals surface area (Å²) in [5.74, 6) is 0.973. The van der Waals surface area contributed by atoms with Crippen LogP contribution in [0, 0.1) is 0 Å². The molecule has 7 heteroatoms. The Bertz CT molecular complexity index is 1040. The van der Waals surface area contributed by atoms with Gasteiger partial charge in [0.15, 0.2) is 0 Å². The van der Waals surface area contributed by atoms with E-state index in [1.54, 1.807) is 7.11 Å². The van der Waals surface area contributed by atoms with E-state index in [0.717, 1.165) is 35.7 Å². The lowest BCUT2D eigenvalue weighted by molar-refractivity contribution is -0.138. The van der Waals surface area contributed by atoms with Crippen molar-refractivity contribution in [1.29, 1.82) is 0 Å². The number of carbonyl (C=O) groups is 2. The first-order valence-corrected chi connectivity index (χ1v) is 11.3. The van der Waals surface area contributed by atoms with Crippen LogP contribution in [0.4, 0.5) is 0 Å². The van der Waals surface area contributed by atoms with E-state index >= 15 is 0 Å². The van der Waals surface area contributed by atoms with Crippen LogP contribution in [0.3, 0.4) is 0 Å². The van der Waals surface area contributed by atoms with Crippen LogP contribution >= 0.6 is 0 Å². The monoisotopic (exact) mass is 449 g/mol. The predicted molar refractivity (Wildman–Crippen MR) is 127 cm³/mol. The zero-order valence-corrected chi connectivity index (χ0v) is 19.7. The maximum Gasteiger partial charge on any atom is 0.278 e. The van der Waals surface area contributed by atoms with Crippen molar-refractivity contribution < 1.29 is 19.1 Å². The molecular formula is C26H31N3O4. The third-order valence-electron chi connectivity index (χ3n) is 5.98. The summed E-state index contributed by atoms with van der Waals surface area (Å²) in [5.41, 5.74) is 2.57. The van der Waals surface area contributed by atoms with E-state index in [-0.39, 0.29) is 24.5 Å². The molecule has 0 aromatic heterocycles. The molecule has 0 unspecified atom stereocenters. The van der Waals surface area contributed by atoms with Gasteiger partial charge in [-0.05, 0) is 56.3 Å². The number of nitrogens with zero attached hydrogens (tertiary/aromatic N) is 3. The minimum Gasteiger partial charge on any atom is -0.497 e. The molecule has 0 radical (unpaired) electrons. The van der Waals surface area contributed by atoms with E-state index in [9.17, 15) is 9.59 Å². The van der Waals surface area contributed by atoms with Gasteiger partial charge in [-0.15, -0.1) is 0 Å². The van der Waals surface area contributed by atoms with Gasteiger partial charge in [-0.3, -0.25) is 14.5 Å². The molecule has 0 spiro atoms. The number of piperazine rings is 1. The topological polar surface area (TPSA) is 62.3 Å². The first-order valence-electron chi connectivity index (χ1n) is 11.3. The highest BCUT2D eigenvalue weighted by Gasteiger charge is 2.42. The summed E-state index contributed by atoms with van der Waals surface area (Å²) in [5, 5.41) is 0. The van der Waals surface area contributed by atoms with Crippen molar-refractivity contribution in [3.63, 3.8) is 0 Å². The van der Waals surface area contributed by atoms with Crippen LogP contribution in [-0.2, 0) is 16.1 Å². The quantitative estimate of drug-likeness (QED) is 0.606. The molecule has 2 aromatic carbocycles. The molecule has 2 aliphatic rings. The third kappa shape index (κ3) is 4.88. The number of ether oxygens (including phenoxy) is 2. The van der Waals surface area contributed by atoms with Gasteiger partial charge in [0.2, 0.25) is 0 Å². The van der Waals surface area contributed by atoms with Crippen molar-refractivity contribution in [2.45, 2.75) is 26.5 Å². The van der Waals surface area contributed by atoms with Crippen molar-refractivity contribution in [2.24, 2.45) is 0 Å². The second-order valence-corrected chi connectivity index (χ2v) is 8.75. The molecule has 7 nitrogen and oxygen atoms in total. The fourth-order valence-electron chi connectivity index (χ4n) is 4.18. The standard InChI is InChI=1S/C26H31N3O4/c1-18(2)33-22-11-7-20(8-12-22)23-24(28-15-13-27(3)14-16-28)26(31)29(25(23)30)17-19-5-9-21(32-4)10-6-19/h5-12,18H,13-17H2,1-4H3. The maximum atomic E-state index is 13.6. The maximum absolute atomic E-state index is 13.6. The number of methoxy groups -OCH3 is 1. The number of imide groups is 1. The minimum atomic E-state index is -0.262. The number of hydrogen-bond acceptors (Lipinski definition) is 6. The number of hydrogen-bond donors (Lipinski definition) is 0. The highest BCUT2D eigenvalue weighted by molar-refractivity contribution is 6.35. The smallest absolute Gasteiger partial charge is 0.278 e. The molecule has 0 bridgehead atoms. The van der Waals surface area contributed by atoms with E-state index in [2.05, 4.69) is 16.8 Å². The molecular weight excluding hydrogens is 418 g/mol. The average Bonchev–Trinajstić information content (AvgIpc) is 3.05. The number of benzene rings is 2. The molecule has 0 atom stereocenters. The summed E-state index contributed by atoms with van der Waals surface area (Å²) in [4.78, 5) is 32.8. The lowest BCUT2D eigenvalue weighted by Crippen LogP contribution is -2.46. The van der Waals surface area contributed by atoms with Gasteiger partial charge in [0.1, 0.15) is 17.2 Å². The van der Waals surface area contributed by atoms with Crippen LogP contribution in [0.1, 0.15) is 25.0 Å². The molecule has 0 aliphatic carbocycles. The van der Waals surface area contributed by atoms with Crippen molar-refractivity contribution >= 4 is 17.4 Å². The number of likely N-dealkylation sites (N-methyl/N-ethyl adjacent to an activating group) is 1. The van der Waals surface area contributed by atoms with E-state index in [4.69, 9.17) is 9.47 Å². The molecule has 1 fully saturated rings. The van der Waals surface area contributed by atoms with Crippen LogP contribution in [-0.4, -0.2) is 73.0 Å². The Hall–Kier alpha value is -3.32. The Balaban J connectivity index is 1.66. The first kappa shape index (κ1) is 22.9. The van der Waals surface area contributed by atoms with Gasteiger partial charge in [-0.25, -0.2) is 0 Å². The van der Waals surface area contributed by atoms with Crippen LogP contribution < -0.4 is 9.47 Å². The van der Waals surface area contributed by atoms with Gasteiger partial charge in [0.25, 0.3) is 11.8 Å². The lowest BCUT2D eigenvalue weighted by atomic mass is 10.0. The number of rotatable bonds is 7. The summed E-state index contributed by atoms with van der Waals surface area (Å²) in [6, 6.07) is 14.9.